The Balaban J connectivity index is 2.88. The lowest BCUT2D eigenvalue weighted by Crippen LogP contribution is -2.34. The molecule has 0 aliphatic carbocycles. The molecule has 0 heterocycles. The normalized spacial score (nSPS) is 10.0. The predicted octanol–water partition coefficient (Wildman–Crippen LogP) is 2.48. The van der Waals surface area contributed by atoms with Crippen LogP contribution < -0.4 is 0 Å². The van der Waals surface area contributed by atoms with Crippen LogP contribution in [0.5, 0.6) is 0 Å². The molecule has 0 aliphatic rings. The van der Waals surface area contributed by atoms with Crippen molar-refractivity contribution in [2.24, 2.45) is 0 Å². The van der Waals surface area contributed by atoms with Crippen molar-refractivity contribution in [3.63, 3.8) is 0 Å². The van der Waals surface area contributed by atoms with Crippen molar-refractivity contribution < 1.29 is 13.9 Å². The zero-order valence-electron chi connectivity index (χ0n) is 10.5. The molecule has 0 saturated carbocycles. The van der Waals surface area contributed by atoms with E-state index in [2.05, 4.69) is 0 Å². The smallest absolute Gasteiger partial charge is 0.255 e. The molecule has 6 heteroatoms. The van der Waals surface area contributed by atoms with Gasteiger partial charge in [0.2, 0.25) is 0 Å². The molecule has 0 unspecified atom stereocenters. The molecule has 1 rings (SSSR count). The van der Waals surface area contributed by atoms with Crippen LogP contribution in [-0.2, 0) is 4.74 Å². The maximum absolute atomic E-state index is 12.9. The van der Waals surface area contributed by atoms with Gasteiger partial charge >= 0.3 is 0 Å². The quantitative estimate of drug-likeness (QED) is 0.806. The van der Waals surface area contributed by atoms with E-state index in [4.69, 9.17) is 21.6 Å². The van der Waals surface area contributed by atoms with Crippen LogP contribution >= 0.6 is 11.6 Å². The van der Waals surface area contributed by atoms with Crippen LogP contribution in [0.4, 0.5) is 4.39 Å². The van der Waals surface area contributed by atoms with Crippen LogP contribution in [0.25, 0.3) is 0 Å². The molecular formula is C13H14ClFN2O2. The Kier molecular flexibility index (Phi) is 6.26. The van der Waals surface area contributed by atoms with Crippen molar-refractivity contribution in [1.82, 2.24) is 4.90 Å². The first-order chi connectivity index (χ1) is 9.10. The Morgan fingerprint density at radius 3 is 2.84 bits per heavy atom. The molecule has 0 aromatic heterocycles. The number of carbonyl (C=O) groups excluding carboxylic acids is 1. The number of benzene rings is 1. The van der Waals surface area contributed by atoms with Crippen molar-refractivity contribution in [1.29, 1.82) is 5.26 Å². The van der Waals surface area contributed by atoms with Crippen LogP contribution in [0.3, 0.4) is 0 Å². The van der Waals surface area contributed by atoms with E-state index in [0.717, 1.165) is 6.07 Å². The van der Waals surface area contributed by atoms with Crippen LogP contribution in [0.1, 0.15) is 16.8 Å². The minimum absolute atomic E-state index is 0.0596. The second-order valence-electron chi connectivity index (χ2n) is 3.82. The molecule has 0 atom stereocenters. The highest BCUT2D eigenvalue weighted by molar-refractivity contribution is 6.33. The van der Waals surface area contributed by atoms with Crippen LogP contribution in [0.2, 0.25) is 5.02 Å². The Morgan fingerprint density at radius 2 is 2.26 bits per heavy atom. The molecule has 0 spiro atoms. The number of hydrogen-bond donors (Lipinski definition) is 0. The van der Waals surface area contributed by atoms with Gasteiger partial charge in [-0.15, -0.1) is 0 Å². The third-order valence-corrected chi connectivity index (χ3v) is 2.82. The first-order valence-corrected chi connectivity index (χ1v) is 6.08. The molecule has 4 nitrogen and oxygen atoms in total. The van der Waals surface area contributed by atoms with E-state index in [1.54, 1.807) is 0 Å². The third-order valence-electron chi connectivity index (χ3n) is 2.51. The number of amides is 1. The fraction of sp³-hybridized carbons (Fsp3) is 0.385. The van der Waals surface area contributed by atoms with Crippen LogP contribution in [-0.4, -0.2) is 37.6 Å². The summed E-state index contributed by atoms with van der Waals surface area (Å²) in [7, 11) is 1.53. The molecule has 1 aromatic rings. The molecule has 0 saturated heterocycles. The Morgan fingerprint density at radius 1 is 1.53 bits per heavy atom. The maximum Gasteiger partial charge on any atom is 0.255 e. The summed E-state index contributed by atoms with van der Waals surface area (Å²) in [4.78, 5) is 13.7. The summed E-state index contributed by atoms with van der Waals surface area (Å²) in [6.45, 7) is 0.993. The van der Waals surface area contributed by atoms with Gasteiger partial charge in [0.1, 0.15) is 5.82 Å². The zero-order valence-corrected chi connectivity index (χ0v) is 11.3. The highest BCUT2D eigenvalue weighted by Gasteiger charge is 2.18. The van der Waals surface area contributed by atoms with Gasteiger partial charge in [-0.05, 0) is 18.2 Å². The number of hydrogen-bond acceptors (Lipinski definition) is 3. The highest BCUT2D eigenvalue weighted by Crippen LogP contribution is 2.19. The molecule has 19 heavy (non-hydrogen) atoms. The van der Waals surface area contributed by atoms with E-state index in [9.17, 15) is 9.18 Å². The fourth-order valence-electron chi connectivity index (χ4n) is 1.53. The van der Waals surface area contributed by atoms with E-state index in [-0.39, 0.29) is 29.5 Å². The van der Waals surface area contributed by atoms with Gasteiger partial charge in [0.05, 0.1) is 29.7 Å². The minimum Gasteiger partial charge on any atom is -0.383 e. The number of nitrogens with zero attached hydrogens (tertiary/aromatic N) is 2. The fourth-order valence-corrected chi connectivity index (χ4v) is 1.78. The molecule has 1 aromatic carbocycles. The summed E-state index contributed by atoms with van der Waals surface area (Å²) in [6.07, 6.45) is 0.217. The summed E-state index contributed by atoms with van der Waals surface area (Å²) in [5.41, 5.74) is 0.220. The molecule has 102 valence electrons. The summed E-state index contributed by atoms with van der Waals surface area (Å²) in [5.74, 6) is -0.834. The van der Waals surface area contributed by atoms with Gasteiger partial charge in [0.15, 0.2) is 0 Å². The van der Waals surface area contributed by atoms with Gasteiger partial charge in [0.25, 0.3) is 5.91 Å². The van der Waals surface area contributed by atoms with Crippen molar-refractivity contribution in [3.8, 4) is 6.07 Å². The Hall–Kier alpha value is -1.64. The predicted molar refractivity (Wildman–Crippen MR) is 69.4 cm³/mol. The van der Waals surface area contributed by atoms with Gasteiger partial charge in [-0.25, -0.2) is 4.39 Å². The maximum atomic E-state index is 12.9. The molecule has 0 radical (unpaired) electrons. The van der Waals surface area contributed by atoms with Gasteiger partial charge in [-0.2, -0.15) is 5.26 Å². The highest BCUT2D eigenvalue weighted by atomic mass is 35.5. The zero-order chi connectivity index (χ0) is 14.3. The Labute approximate surface area is 116 Å². The summed E-state index contributed by atoms with van der Waals surface area (Å²) in [5, 5.41) is 8.65. The van der Waals surface area contributed by atoms with Gasteiger partial charge < -0.3 is 9.64 Å². The van der Waals surface area contributed by atoms with Gasteiger partial charge in [-0.1, -0.05) is 11.6 Å². The number of rotatable bonds is 6. The van der Waals surface area contributed by atoms with E-state index in [1.165, 1.54) is 24.1 Å². The molecule has 1 amide bonds. The lowest BCUT2D eigenvalue weighted by Gasteiger charge is -2.21. The monoisotopic (exact) mass is 284 g/mol. The van der Waals surface area contributed by atoms with Crippen molar-refractivity contribution in [3.05, 3.63) is 34.6 Å². The van der Waals surface area contributed by atoms with Crippen molar-refractivity contribution >= 4 is 17.5 Å². The molecule has 0 fully saturated rings. The largest absolute Gasteiger partial charge is 0.383 e. The van der Waals surface area contributed by atoms with E-state index < -0.39 is 5.82 Å². The molecule has 0 N–H and O–H groups in total. The SMILES string of the molecule is COCCN(CCC#N)C(=O)c1ccc(F)cc1Cl. The number of ether oxygens (including phenoxy) is 1. The summed E-state index contributed by atoms with van der Waals surface area (Å²) in [6, 6.07) is 5.59. The average Bonchev–Trinajstić information content (AvgIpc) is 2.38. The van der Waals surface area contributed by atoms with Crippen LogP contribution in [0.15, 0.2) is 18.2 Å². The standard InChI is InChI=1S/C13H14ClFN2O2/c1-19-8-7-17(6-2-5-16)13(18)11-4-3-10(15)9-12(11)14/h3-4,9H,2,6-8H2,1H3. The van der Waals surface area contributed by atoms with Crippen molar-refractivity contribution in [2.45, 2.75) is 6.42 Å². The lowest BCUT2D eigenvalue weighted by atomic mass is 10.2. The second-order valence-corrected chi connectivity index (χ2v) is 4.22. The summed E-state index contributed by atoms with van der Waals surface area (Å²) < 4.78 is 17.9. The van der Waals surface area contributed by atoms with Gasteiger partial charge in [-0.3, -0.25) is 4.79 Å². The van der Waals surface area contributed by atoms with Gasteiger partial charge in [0, 0.05) is 20.2 Å². The van der Waals surface area contributed by atoms with Crippen LogP contribution in [0, 0.1) is 17.1 Å². The summed E-state index contributed by atoms with van der Waals surface area (Å²) >= 11 is 5.85. The van der Waals surface area contributed by atoms with E-state index in [0.29, 0.717) is 13.2 Å². The van der Waals surface area contributed by atoms with E-state index >= 15 is 0 Å². The lowest BCUT2D eigenvalue weighted by molar-refractivity contribution is 0.0700. The molecule has 0 aliphatic heterocycles. The topological polar surface area (TPSA) is 53.3 Å². The number of carbonyl (C=O) groups is 1. The number of methoxy groups -OCH3 is 1. The number of halogens is 2. The minimum atomic E-state index is -0.498. The second kappa shape index (κ2) is 7.72. The Bertz CT molecular complexity index is 488. The number of nitriles is 1. The van der Waals surface area contributed by atoms with E-state index in [1.807, 2.05) is 6.07 Å². The third kappa shape index (κ3) is 4.51. The van der Waals surface area contributed by atoms with Crippen molar-refractivity contribution in [2.75, 3.05) is 26.8 Å². The average molecular weight is 285 g/mol. The molecular weight excluding hydrogens is 271 g/mol. The first kappa shape index (κ1) is 15.4. The first-order valence-electron chi connectivity index (χ1n) is 5.70. The molecule has 0 bridgehead atoms.